The molecule has 1 aliphatic rings. The average molecular weight is 463 g/mol. The normalized spacial score (nSPS) is 15.7. The molecule has 1 N–H and O–H groups in total. The molecule has 1 heterocycles. The monoisotopic (exact) mass is 462 g/mol. The summed E-state index contributed by atoms with van der Waals surface area (Å²) in [5.41, 5.74) is 4.16. The van der Waals surface area contributed by atoms with E-state index in [2.05, 4.69) is 5.32 Å². The predicted molar refractivity (Wildman–Crippen MR) is 131 cm³/mol. The molecule has 172 valence electrons. The summed E-state index contributed by atoms with van der Waals surface area (Å²) in [7, 11) is -3.62. The first-order valence-corrected chi connectivity index (χ1v) is 12.8. The number of carbonyl (C=O) groups excluding carboxylic acids is 1. The van der Waals surface area contributed by atoms with Gasteiger partial charge in [0.2, 0.25) is 10.0 Å². The summed E-state index contributed by atoms with van der Waals surface area (Å²) in [5.74, 6) is -0.291. The Morgan fingerprint density at radius 3 is 2.21 bits per heavy atom. The zero-order valence-corrected chi connectivity index (χ0v) is 19.9. The Balaban J connectivity index is 1.68. The first kappa shape index (κ1) is 23.2. The molecule has 3 aromatic rings. The van der Waals surface area contributed by atoms with Crippen molar-refractivity contribution in [1.82, 2.24) is 9.62 Å². The largest absolute Gasteiger partial charge is 0.341 e. The molecule has 1 atom stereocenters. The number of nitrogens with zero attached hydrogens (tertiary/aromatic N) is 1. The third-order valence-corrected chi connectivity index (χ3v) is 8.21. The van der Waals surface area contributed by atoms with Crippen LogP contribution >= 0.6 is 0 Å². The fourth-order valence-corrected chi connectivity index (χ4v) is 5.91. The van der Waals surface area contributed by atoms with E-state index in [4.69, 9.17) is 0 Å². The SMILES string of the molecule is Cc1ccc(S(=O)(=O)N2CCCCC2)cc1C(=O)NC(c1ccccc1)c1ccccc1C. The molecule has 3 aromatic carbocycles. The van der Waals surface area contributed by atoms with Crippen LogP contribution < -0.4 is 5.32 Å². The van der Waals surface area contributed by atoms with Crippen molar-refractivity contribution in [2.75, 3.05) is 13.1 Å². The number of hydrogen-bond acceptors (Lipinski definition) is 3. The Labute approximate surface area is 196 Å². The molecule has 0 bridgehead atoms. The Kier molecular flexibility index (Phi) is 6.96. The van der Waals surface area contributed by atoms with E-state index in [1.54, 1.807) is 12.1 Å². The van der Waals surface area contributed by atoms with Gasteiger partial charge in [0.25, 0.3) is 5.91 Å². The van der Waals surface area contributed by atoms with Crippen LogP contribution in [0.5, 0.6) is 0 Å². The number of amides is 1. The van der Waals surface area contributed by atoms with Crippen LogP contribution in [0.3, 0.4) is 0 Å². The van der Waals surface area contributed by atoms with Crippen LogP contribution in [-0.4, -0.2) is 31.7 Å². The van der Waals surface area contributed by atoms with Gasteiger partial charge in [-0.1, -0.05) is 67.1 Å². The highest BCUT2D eigenvalue weighted by Gasteiger charge is 2.28. The second-order valence-corrected chi connectivity index (χ2v) is 10.6. The molecule has 0 aliphatic carbocycles. The topological polar surface area (TPSA) is 66.5 Å². The Morgan fingerprint density at radius 1 is 0.848 bits per heavy atom. The minimum absolute atomic E-state index is 0.173. The van der Waals surface area contributed by atoms with Crippen molar-refractivity contribution in [3.8, 4) is 0 Å². The number of sulfonamides is 1. The van der Waals surface area contributed by atoms with E-state index < -0.39 is 10.0 Å². The van der Waals surface area contributed by atoms with Crippen LogP contribution in [0.15, 0.2) is 77.7 Å². The fourth-order valence-electron chi connectivity index (χ4n) is 4.37. The van der Waals surface area contributed by atoms with Gasteiger partial charge in [-0.2, -0.15) is 4.31 Å². The Hall–Kier alpha value is -2.96. The van der Waals surface area contributed by atoms with Gasteiger partial charge >= 0.3 is 0 Å². The van der Waals surface area contributed by atoms with Crippen LogP contribution in [0.4, 0.5) is 0 Å². The average Bonchev–Trinajstić information content (AvgIpc) is 2.84. The smallest absolute Gasteiger partial charge is 0.252 e. The molecule has 0 saturated carbocycles. The van der Waals surface area contributed by atoms with Gasteiger partial charge < -0.3 is 5.32 Å². The van der Waals surface area contributed by atoms with Crippen LogP contribution in [0.25, 0.3) is 0 Å². The number of benzene rings is 3. The summed E-state index contributed by atoms with van der Waals surface area (Å²) in [5, 5.41) is 3.16. The standard InChI is InChI=1S/C27H30N2O3S/c1-20-11-7-8-14-24(20)26(22-12-5-3-6-13-22)28-27(30)25-19-23(16-15-21(25)2)33(31,32)29-17-9-4-10-18-29/h3,5-8,11-16,19,26H,4,9-10,17-18H2,1-2H3,(H,28,30). The highest BCUT2D eigenvalue weighted by molar-refractivity contribution is 7.89. The lowest BCUT2D eigenvalue weighted by Gasteiger charge is -2.26. The van der Waals surface area contributed by atoms with E-state index in [9.17, 15) is 13.2 Å². The summed E-state index contributed by atoms with van der Waals surface area (Å²) in [6.07, 6.45) is 2.79. The second-order valence-electron chi connectivity index (χ2n) is 8.62. The highest BCUT2D eigenvalue weighted by Crippen LogP contribution is 2.27. The molecular formula is C27H30N2O3S. The van der Waals surface area contributed by atoms with E-state index in [1.165, 1.54) is 10.4 Å². The number of carbonyl (C=O) groups is 1. The molecule has 1 aliphatic heterocycles. The third-order valence-electron chi connectivity index (χ3n) is 6.31. The minimum atomic E-state index is -3.62. The van der Waals surface area contributed by atoms with Gasteiger partial charge in [-0.05, 0) is 61.1 Å². The number of rotatable bonds is 6. The number of aryl methyl sites for hydroxylation is 2. The van der Waals surface area contributed by atoms with Crippen LogP contribution in [0.2, 0.25) is 0 Å². The van der Waals surface area contributed by atoms with E-state index >= 15 is 0 Å². The van der Waals surface area contributed by atoms with Gasteiger partial charge in [-0.15, -0.1) is 0 Å². The molecule has 1 amide bonds. The maximum absolute atomic E-state index is 13.5. The van der Waals surface area contributed by atoms with Crippen molar-refractivity contribution >= 4 is 15.9 Å². The Bertz CT molecular complexity index is 1230. The fraction of sp³-hybridized carbons (Fsp3) is 0.296. The number of piperidine rings is 1. The van der Waals surface area contributed by atoms with Gasteiger partial charge in [-0.3, -0.25) is 4.79 Å². The minimum Gasteiger partial charge on any atom is -0.341 e. The van der Waals surface area contributed by atoms with Gasteiger partial charge in [-0.25, -0.2) is 8.42 Å². The van der Waals surface area contributed by atoms with Crippen molar-refractivity contribution in [3.63, 3.8) is 0 Å². The molecule has 6 heteroatoms. The molecular weight excluding hydrogens is 432 g/mol. The molecule has 33 heavy (non-hydrogen) atoms. The van der Waals surface area contributed by atoms with Crippen molar-refractivity contribution in [2.45, 2.75) is 44.0 Å². The maximum atomic E-state index is 13.5. The van der Waals surface area contributed by atoms with Crippen molar-refractivity contribution in [3.05, 3.63) is 101 Å². The molecule has 0 aromatic heterocycles. The lowest BCUT2D eigenvalue weighted by molar-refractivity contribution is 0.0942. The van der Waals surface area contributed by atoms with Gasteiger partial charge in [0.05, 0.1) is 10.9 Å². The van der Waals surface area contributed by atoms with E-state index in [0.717, 1.165) is 41.5 Å². The van der Waals surface area contributed by atoms with E-state index in [1.807, 2.05) is 68.4 Å². The quantitative estimate of drug-likeness (QED) is 0.561. The highest BCUT2D eigenvalue weighted by atomic mass is 32.2. The summed E-state index contributed by atoms with van der Waals surface area (Å²) in [6.45, 7) is 4.91. The van der Waals surface area contributed by atoms with E-state index in [0.29, 0.717) is 18.7 Å². The van der Waals surface area contributed by atoms with Crippen LogP contribution in [-0.2, 0) is 10.0 Å². The third kappa shape index (κ3) is 5.02. The summed E-state index contributed by atoms with van der Waals surface area (Å²) < 4.78 is 27.9. The molecule has 1 saturated heterocycles. The van der Waals surface area contributed by atoms with Crippen molar-refractivity contribution in [1.29, 1.82) is 0 Å². The van der Waals surface area contributed by atoms with Crippen LogP contribution in [0, 0.1) is 13.8 Å². The molecule has 0 radical (unpaired) electrons. The zero-order valence-electron chi connectivity index (χ0n) is 19.1. The maximum Gasteiger partial charge on any atom is 0.252 e. The summed E-state index contributed by atoms with van der Waals surface area (Å²) in [4.78, 5) is 13.6. The first-order chi connectivity index (χ1) is 15.9. The zero-order chi connectivity index (χ0) is 23.4. The lowest BCUT2D eigenvalue weighted by Crippen LogP contribution is -2.36. The number of nitrogens with one attached hydrogen (secondary N) is 1. The van der Waals surface area contributed by atoms with Gasteiger partial charge in [0, 0.05) is 18.7 Å². The second kappa shape index (κ2) is 9.89. The van der Waals surface area contributed by atoms with Crippen molar-refractivity contribution in [2.24, 2.45) is 0 Å². The van der Waals surface area contributed by atoms with Gasteiger partial charge in [0.15, 0.2) is 0 Å². The predicted octanol–water partition coefficient (Wildman–Crippen LogP) is 5.00. The lowest BCUT2D eigenvalue weighted by atomic mass is 9.94. The molecule has 4 rings (SSSR count). The molecule has 1 unspecified atom stereocenters. The van der Waals surface area contributed by atoms with Crippen LogP contribution in [0.1, 0.15) is 57.9 Å². The summed E-state index contributed by atoms with van der Waals surface area (Å²) in [6, 6.07) is 22.3. The van der Waals surface area contributed by atoms with E-state index in [-0.39, 0.29) is 16.8 Å². The first-order valence-electron chi connectivity index (χ1n) is 11.4. The molecule has 5 nitrogen and oxygen atoms in total. The molecule has 1 fully saturated rings. The Morgan fingerprint density at radius 2 is 1.52 bits per heavy atom. The summed E-state index contributed by atoms with van der Waals surface area (Å²) >= 11 is 0. The van der Waals surface area contributed by atoms with Gasteiger partial charge in [0.1, 0.15) is 0 Å². The molecule has 0 spiro atoms. The van der Waals surface area contributed by atoms with Crippen molar-refractivity contribution < 1.29 is 13.2 Å². The number of hydrogen-bond donors (Lipinski definition) is 1.